The van der Waals surface area contributed by atoms with Crippen molar-refractivity contribution in [1.29, 1.82) is 0 Å². The van der Waals surface area contributed by atoms with E-state index < -0.39 is 16.8 Å². The van der Waals surface area contributed by atoms with Crippen molar-refractivity contribution in [1.82, 2.24) is 5.32 Å². The summed E-state index contributed by atoms with van der Waals surface area (Å²) in [6, 6.07) is -0.392. The van der Waals surface area contributed by atoms with E-state index in [4.69, 9.17) is 5.73 Å². The third-order valence-corrected chi connectivity index (χ3v) is 3.91. The Morgan fingerprint density at radius 1 is 1.57 bits per heavy atom. The van der Waals surface area contributed by atoms with Gasteiger partial charge in [-0.25, -0.2) is 0 Å². The average Bonchev–Trinajstić information content (AvgIpc) is 2.49. The minimum atomic E-state index is -0.749. The van der Waals surface area contributed by atoms with Gasteiger partial charge in [0.25, 0.3) is 0 Å². The smallest absolute Gasteiger partial charge is 0.237 e. The molecule has 14 heavy (non-hydrogen) atoms. The second-order valence-corrected chi connectivity index (χ2v) is 5.70. The van der Waals surface area contributed by atoms with Gasteiger partial charge in [0.1, 0.15) is 0 Å². The Morgan fingerprint density at radius 2 is 2.21 bits per heavy atom. The van der Waals surface area contributed by atoms with E-state index in [-0.39, 0.29) is 17.9 Å². The molecule has 1 saturated heterocycles. The average molecular weight is 218 g/mol. The van der Waals surface area contributed by atoms with E-state index in [1.54, 1.807) is 0 Å². The van der Waals surface area contributed by atoms with Gasteiger partial charge in [-0.3, -0.25) is 9.00 Å². The molecule has 1 aliphatic rings. The van der Waals surface area contributed by atoms with Crippen LogP contribution in [-0.4, -0.2) is 33.7 Å². The molecule has 0 saturated carbocycles. The maximum absolute atomic E-state index is 11.5. The molecule has 2 unspecified atom stereocenters. The van der Waals surface area contributed by atoms with Crippen LogP contribution < -0.4 is 11.1 Å². The second-order valence-electron chi connectivity index (χ2n) is 4.07. The first kappa shape index (κ1) is 11.7. The molecule has 3 N–H and O–H groups in total. The summed E-state index contributed by atoms with van der Waals surface area (Å²) in [6.07, 6.45) is 0.809. The Morgan fingerprint density at radius 3 is 2.64 bits per heavy atom. The van der Waals surface area contributed by atoms with Crippen LogP contribution in [0.1, 0.15) is 20.3 Å². The summed E-state index contributed by atoms with van der Waals surface area (Å²) in [4.78, 5) is 11.5. The van der Waals surface area contributed by atoms with Gasteiger partial charge in [-0.2, -0.15) is 0 Å². The molecule has 0 bridgehead atoms. The number of rotatable bonds is 3. The van der Waals surface area contributed by atoms with Gasteiger partial charge >= 0.3 is 0 Å². The fourth-order valence-electron chi connectivity index (χ4n) is 1.38. The largest absolute Gasteiger partial charge is 0.351 e. The van der Waals surface area contributed by atoms with Crippen LogP contribution >= 0.6 is 0 Å². The van der Waals surface area contributed by atoms with Crippen LogP contribution in [0.15, 0.2) is 0 Å². The van der Waals surface area contributed by atoms with Crippen LogP contribution in [0, 0.1) is 5.92 Å². The Hall–Kier alpha value is -0.420. The molecular formula is C9H18N2O2S. The van der Waals surface area contributed by atoms with Gasteiger partial charge < -0.3 is 11.1 Å². The van der Waals surface area contributed by atoms with Crippen molar-refractivity contribution in [3.05, 3.63) is 0 Å². The van der Waals surface area contributed by atoms with Crippen molar-refractivity contribution in [2.75, 3.05) is 11.5 Å². The van der Waals surface area contributed by atoms with Crippen molar-refractivity contribution in [2.24, 2.45) is 11.7 Å². The highest BCUT2D eigenvalue weighted by Crippen LogP contribution is 2.08. The molecule has 1 heterocycles. The zero-order valence-corrected chi connectivity index (χ0v) is 9.47. The van der Waals surface area contributed by atoms with Crippen LogP contribution in [0.25, 0.3) is 0 Å². The lowest BCUT2D eigenvalue weighted by molar-refractivity contribution is -0.123. The SMILES string of the molecule is CC(C)[C@@H](N)C(=O)NC1CCS(=O)C1. The molecule has 1 aliphatic heterocycles. The van der Waals surface area contributed by atoms with Gasteiger partial charge in [-0.15, -0.1) is 0 Å². The second kappa shape index (κ2) is 4.89. The molecule has 5 heteroatoms. The van der Waals surface area contributed by atoms with Crippen molar-refractivity contribution in [2.45, 2.75) is 32.4 Å². The summed E-state index contributed by atoms with van der Waals surface area (Å²) in [5.41, 5.74) is 5.68. The Labute approximate surface area is 87.1 Å². The lowest BCUT2D eigenvalue weighted by Gasteiger charge is -2.18. The van der Waals surface area contributed by atoms with E-state index in [2.05, 4.69) is 5.32 Å². The lowest BCUT2D eigenvalue weighted by Crippen LogP contribution is -2.48. The van der Waals surface area contributed by atoms with Gasteiger partial charge in [-0.05, 0) is 12.3 Å². The molecule has 0 aromatic heterocycles. The summed E-state index contributed by atoms with van der Waals surface area (Å²) < 4.78 is 11.1. The molecule has 0 radical (unpaired) electrons. The maximum atomic E-state index is 11.5. The summed E-state index contributed by atoms with van der Waals surface area (Å²) in [5, 5.41) is 2.83. The van der Waals surface area contributed by atoms with Crippen LogP contribution in [0.2, 0.25) is 0 Å². The molecule has 1 amide bonds. The third-order valence-electron chi connectivity index (χ3n) is 2.45. The predicted molar refractivity (Wildman–Crippen MR) is 57.2 cm³/mol. The van der Waals surface area contributed by atoms with E-state index in [0.717, 1.165) is 6.42 Å². The first-order valence-corrected chi connectivity index (χ1v) is 6.40. The van der Waals surface area contributed by atoms with Crippen LogP contribution in [0.5, 0.6) is 0 Å². The van der Waals surface area contributed by atoms with E-state index >= 15 is 0 Å². The molecule has 0 aliphatic carbocycles. The topological polar surface area (TPSA) is 72.2 Å². The van der Waals surface area contributed by atoms with Crippen LogP contribution in [0.4, 0.5) is 0 Å². The number of hydrogen-bond acceptors (Lipinski definition) is 3. The molecule has 82 valence electrons. The number of amides is 1. The quantitative estimate of drug-likeness (QED) is 0.677. The summed E-state index contributed by atoms with van der Waals surface area (Å²) >= 11 is 0. The summed E-state index contributed by atoms with van der Waals surface area (Å²) in [7, 11) is -0.749. The zero-order chi connectivity index (χ0) is 10.7. The Balaban J connectivity index is 2.37. The van der Waals surface area contributed by atoms with Gasteiger partial charge in [0.2, 0.25) is 5.91 Å². The monoisotopic (exact) mass is 218 g/mol. The number of hydrogen-bond donors (Lipinski definition) is 2. The minimum absolute atomic E-state index is 0.0631. The van der Waals surface area contributed by atoms with E-state index in [0.29, 0.717) is 11.5 Å². The molecule has 0 spiro atoms. The summed E-state index contributed by atoms with van der Waals surface area (Å²) in [5.74, 6) is 1.30. The number of nitrogens with one attached hydrogen (secondary N) is 1. The minimum Gasteiger partial charge on any atom is -0.351 e. The molecule has 4 nitrogen and oxygen atoms in total. The normalized spacial score (nSPS) is 29.1. The first-order valence-electron chi connectivity index (χ1n) is 4.91. The van der Waals surface area contributed by atoms with E-state index in [9.17, 15) is 9.00 Å². The fourth-order valence-corrected chi connectivity index (χ4v) is 2.79. The molecule has 0 aromatic carbocycles. The van der Waals surface area contributed by atoms with Crippen molar-refractivity contribution in [3.63, 3.8) is 0 Å². The fraction of sp³-hybridized carbons (Fsp3) is 0.889. The third kappa shape index (κ3) is 3.06. The van der Waals surface area contributed by atoms with E-state index in [1.165, 1.54) is 0 Å². The highest BCUT2D eigenvalue weighted by molar-refractivity contribution is 7.85. The molecule has 3 atom stereocenters. The number of carbonyl (C=O) groups excluding carboxylic acids is 1. The Kier molecular flexibility index (Phi) is 4.07. The van der Waals surface area contributed by atoms with Gasteiger partial charge in [-0.1, -0.05) is 13.8 Å². The standard InChI is InChI=1S/C9H18N2O2S/c1-6(2)8(10)9(12)11-7-3-4-14(13)5-7/h6-8H,3-5,10H2,1-2H3,(H,11,12)/t7?,8-,14?/m1/s1. The zero-order valence-electron chi connectivity index (χ0n) is 8.66. The predicted octanol–water partition coefficient (Wildman–Crippen LogP) is -0.393. The first-order chi connectivity index (χ1) is 6.50. The lowest BCUT2D eigenvalue weighted by atomic mass is 10.0. The number of nitrogens with two attached hydrogens (primary N) is 1. The summed E-state index contributed by atoms with van der Waals surface area (Å²) in [6.45, 7) is 3.83. The van der Waals surface area contributed by atoms with Gasteiger partial charge in [0.15, 0.2) is 0 Å². The van der Waals surface area contributed by atoms with Gasteiger partial charge in [0.05, 0.1) is 6.04 Å². The Bertz CT molecular complexity index is 243. The van der Waals surface area contributed by atoms with Crippen molar-refractivity contribution < 1.29 is 9.00 Å². The number of carbonyl (C=O) groups is 1. The molecular weight excluding hydrogens is 200 g/mol. The molecule has 1 fully saturated rings. The van der Waals surface area contributed by atoms with Gasteiger partial charge in [0, 0.05) is 28.3 Å². The maximum Gasteiger partial charge on any atom is 0.237 e. The highest BCUT2D eigenvalue weighted by Gasteiger charge is 2.25. The van der Waals surface area contributed by atoms with Crippen LogP contribution in [-0.2, 0) is 15.6 Å². The van der Waals surface area contributed by atoms with E-state index in [1.807, 2.05) is 13.8 Å². The van der Waals surface area contributed by atoms with Crippen molar-refractivity contribution >= 4 is 16.7 Å². The molecule has 1 rings (SSSR count). The highest BCUT2D eigenvalue weighted by atomic mass is 32.2. The van der Waals surface area contributed by atoms with Crippen molar-refractivity contribution in [3.8, 4) is 0 Å². The molecule has 0 aromatic rings. The van der Waals surface area contributed by atoms with Crippen LogP contribution in [0.3, 0.4) is 0 Å².